The van der Waals surface area contributed by atoms with Crippen LogP contribution < -0.4 is 15.4 Å². The van der Waals surface area contributed by atoms with E-state index in [1.54, 1.807) is 26.3 Å². The molecule has 0 bridgehead atoms. The number of anilines is 3. The van der Waals surface area contributed by atoms with E-state index in [1.165, 1.54) is 50.8 Å². The van der Waals surface area contributed by atoms with E-state index in [0.717, 1.165) is 41.3 Å². The van der Waals surface area contributed by atoms with Gasteiger partial charge in [0.05, 0.1) is 23.3 Å². The fourth-order valence-corrected chi connectivity index (χ4v) is 5.19. The molecule has 190 valence electrons. The van der Waals surface area contributed by atoms with Crippen molar-refractivity contribution in [3.8, 4) is 5.75 Å². The Labute approximate surface area is 215 Å². The maximum absolute atomic E-state index is 13.3. The van der Waals surface area contributed by atoms with Gasteiger partial charge in [0.15, 0.2) is 0 Å². The summed E-state index contributed by atoms with van der Waals surface area (Å²) in [5.74, 6) is 2.74. The average Bonchev–Trinajstić information content (AvgIpc) is 3.48. The highest BCUT2D eigenvalue weighted by molar-refractivity contribution is 6.31. The highest BCUT2D eigenvalue weighted by Gasteiger charge is 2.35. The highest BCUT2D eigenvalue weighted by atomic mass is 35.5. The van der Waals surface area contributed by atoms with E-state index < -0.39 is 5.82 Å². The SMILES string of the molecule is CNc1cc2c(Nc3ccc(F)c(Cl)c3)ncnc2cc1OC.O=C/C=C/CN1CC2CCCC2C1. The minimum Gasteiger partial charge on any atom is -0.495 e. The van der Waals surface area contributed by atoms with Crippen LogP contribution in [0, 0.1) is 17.7 Å². The van der Waals surface area contributed by atoms with E-state index in [1.807, 2.05) is 18.2 Å². The molecule has 1 saturated carbocycles. The van der Waals surface area contributed by atoms with Gasteiger partial charge in [-0.25, -0.2) is 14.4 Å². The Morgan fingerprint density at radius 3 is 2.64 bits per heavy atom. The Kier molecular flexibility index (Phi) is 8.72. The van der Waals surface area contributed by atoms with Crippen molar-refractivity contribution in [2.24, 2.45) is 11.8 Å². The molecule has 2 aromatic carbocycles. The molecule has 2 atom stereocenters. The molecule has 1 aliphatic heterocycles. The van der Waals surface area contributed by atoms with Crippen molar-refractivity contribution >= 4 is 46.0 Å². The third kappa shape index (κ3) is 6.12. The lowest BCUT2D eigenvalue weighted by molar-refractivity contribution is -0.104. The molecule has 2 N–H and O–H groups in total. The molecule has 1 aliphatic carbocycles. The second-order valence-corrected chi connectivity index (χ2v) is 9.44. The lowest BCUT2D eigenvalue weighted by atomic mass is 10.0. The van der Waals surface area contributed by atoms with Crippen LogP contribution in [0.2, 0.25) is 5.02 Å². The van der Waals surface area contributed by atoms with Crippen LogP contribution in [-0.2, 0) is 4.79 Å². The van der Waals surface area contributed by atoms with Gasteiger partial charge in [0.2, 0.25) is 0 Å². The van der Waals surface area contributed by atoms with Gasteiger partial charge in [0.25, 0.3) is 0 Å². The Bertz CT molecular complexity index is 1230. The molecule has 5 rings (SSSR count). The smallest absolute Gasteiger partial charge is 0.144 e. The van der Waals surface area contributed by atoms with Crippen LogP contribution in [0.5, 0.6) is 5.75 Å². The Morgan fingerprint density at radius 1 is 1.19 bits per heavy atom. The Morgan fingerprint density at radius 2 is 1.97 bits per heavy atom. The van der Waals surface area contributed by atoms with Gasteiger partial charge in [-0.2, -0.15) is 0 Å². The summed E-state index contributed by atoms with van der Waals surface area (Å²) >= 11 is 5.81. The van der Waals surface area contributed by atoms with Gasteiger partial charge in [-0.05, 0) is 55.0 Å². The minimum absolute atomic E-state index is 0.0472. The number of carbonyl (C=O) groups is 1. The number of hydrogen-bond donors (Lipinski definition) is 2. The Balaban J connectivity index is 0.000000197. The zero-order chi connectivity index (χ0) is 25.5. The van der Waals surface area contributed by atoms with Crippen molar-refractivity contribution in [2.75, 3.05) is 44.4 Å². The van der Waals surface area contributed by atoms with Crippen LogP contribution in [0.1, 0.15) is 19.3 Å². The summed E-state index contributed by atoms with van der Waals surface area (Å²) in [6, 6.07) is 8.12. The number of likely N-dealkylation sites (tertiary alicyclic amines) is 1. The van der Waals surface area contributed by atoms with E-state index in [4.69, 9.17) is 16.3 Å². The zero-order valence-electron chi connectivity index (χ0n) is 20.5. The topological polar surface area (TPSA) is 79.4 Å². The molecule has 0 spiro atoms. The zero-order valence-corrected chi connectivity index (χ0v) is 21.3. The summed E-state index contributed by atoms with van der Waals surface area (Å²) in [6.45, 7) is 3.48. The second-order valence-electron chi connectivity index (χ2n) is 9.03. The van der Waals surface area contributed by atoms with E-state index in [0.29, 0.717) is 17.3 Å². The van der Waals surface area contributed by atoms with Crippen molar-refractivity contribution in [1.82, 2.24) is 14.9 Å². The number of methoxy groups -OCH3 is 1. The van der Waals surface area contributed by atoms with E-state index in [2.05, 4.69) is 25.5 Å². The standard InChI is InChI=1S/C16H14ClFN4O.C11H17NO/c1-19-14-6-10-13(7-15(14)23-2)20-8-21-16(10)22-9-3-4-12(18)11(17)5-9;13-7-2-1-6-12-8-10-4-3-5-11(10)9-12/h3-8,19H,1-2H3,(H,20,21,22);1-2,7,10-11H,3-6,8-9H2/b;2-1+. The van der Waals surface area contributed by atoms with Gasteiger partial charge in [0.1, 0.15) is 30.0 Å². The van der Waals surface area contributed by atoms with Gasteiger partial charge in [-0.1, -0.05) is 24.1 Å². The van der Waals surface area contributed by atoms with Crippen molar-refractivity contribution in [3.63, 3.8) is 0 Å². The molecular weight excluding hydrogens is 481 g/mol. The summed E-state index contributed by atoms with van der Waals surface area (Å²) in [4.78, 5) is 21.0. The molecule has 36 heavy (non-hydrogen) atoms. The molecule has 1 aromatic heterocycles. The number of rotatable bonds is 7. The largest absolute Gasteiger partial charge is 0.495 e. The molecule has 2 aliphatic rings. The van der Waals surface area contributed by atoms with Crippen LogP contribution in [0.4, 0.5) is 21.6 Å². The molecule has 1 saturated heterocycles. The number of nitrogens with zero attached hydrogens (tertiary/aromatic N) is 3. The molecular formula is C27H31ClFN5O2. The number of benzene rings is 2. The number of halogens is 2. The van der Waals surface area contributed by atoms with Crippen LogP contribution >= 0.6 is 11.6 Å². The van der Waals surface area contributed by atoms with E-state index in [9.17, 15) is 9.18 Å². The van der Waals surface area contributed by atoms with Crippen LogP contribution in [-0.4, -0.2) is 54.9 Å². The first-order chi connectivity index (χ1) is 17.5. The van der Waals surface area contributed by atoms with Crippen LogP contribution in [0.15, 0.2) is 48.8 Å². The lowest BCUT2D eigenvalue weighted by Crippen LogP contribution is -2.21. The molecule has 3 aromatic rings. The minimum atomic E-state index is -0.466. The maximum atomic E-state index is 13.3. The van der Waals surface area contributed by atoms with Crippen molar-refractivity contribution in [1.29, 1.82) is 0 Å². The van der Waals surface area contributed by atoms with Crippen molar-refractivity contribution in [3.05, 3.63) is 59.7 Å². The van der Waals surface area contributed by atoms with E-state index in [-0.39, 0.29) is 5.02 Å². The summed E-state index contributed by atoms with van der Waals surface area (Å²) in [5.41, 5.74) is 2.18. The van der Waals surface area contributed by atoms with Gasteiger partial charge in [-0.3, -0.25) is 9.69 Å². The number of hydrogen-bond acceptors (Lipinski definition) is 7. The van der Waals surface area contributed by atoms with Gasteiger partial charge in [-0.15, -0.1) is 0 Å². The fourth-order valence-electron chi connectivity index (χ4n) is 5.01. The molecule has 2 fully saturated rings. The maximum Gasteiger partial charge on any atom is 0.144 e. The molecule has 2 heterocycles. The first-order valence-electron chi connectivity index (χ1n) is 12.1. The molecule has 7 nitrogen and oxygen atoms in total. The average molecular weight is 512 g/mol. The van der Waals surface area contributed by atoms with Crippen LogP contribution in [0.3, 0.4) is 0 Å². The monoisotopic (exact) mass is 511 g/mol. The highest BCUT2D eigenvalue weighted by Crippen LogP contribution is 2.37. The first-order valence-corrected chi connectivity index (χ1v) is 12.5. The number of fused-ring (bicyclic) bond motifs is 2. The number of nitrogens with one attached hydrogen (secondary N) is 2. The third-order valence-electron chi connectivity index (χ3n) is 6.79. The summed E-state index contributed by atoms with van der Waals surface area (Å²) in [6.07, 6.45) is 10.2. The van der Waals surface area contributed by atoms with Crippen LogP contribution in [0.25, 0.3) is 10.9 Å². The third-order valence-corrected chi connectivity index (χ3v) is 7.08. The number of ether oxygens (including phenoxy) is 1. The van der Waals surface area contributed by atoms with Gasteiger partial charge < -0.3 is 15.4 Å². The quantitative estimate of drug-likeness (QED) is 0.311. The second kappa shape index (κ2) is 12.1. The lowest BCUT2D eigenvalue weighted by Gasteiger charge is -2.13. The number of aldehydes is 1. The van der Waals surface area contributed by atoms with Gasteiger partial charge in [0, 0.05) is 43.8 Å². The summed E-state index contributed by atoms with van der Waals surface area (Å²) in [7, 11) is 3.41. The number of carbonyl (C=O) groups excluding carboxylic acids is 1. The van der Waals surface area contributed by atoms with Gasteiger partial charge >= 0.3 is 0 Å². The fraction of sp³-hybridized carbons (Fsp3) is 0.370. The number of aromatic nitrogens is 2. The van der Waals surface area contributed by atoms with E-state index >= 15 is 0 Å². The van der Waals surface area contributed by atoms with Crippen molar-refractivity contribution < 1.29 is 13.9 Å². The molecule has 0 amide bonds. The summed E-state index contributed by atoms with van der Waals surface area (Å²) in [5, 5.41) is 7.05. The molecule has 2 unspecified atom stereocenters. The Hall–Kier alpha value is -3.23. The molecule has 0 radical (unpaired) electrons. The normalized spacial score (nSPS) is 19.1. The number of allylic oxidation sites excluding steroid dienone is 1. The van der Waals surface area contributed by atoms with Crippen molar-refractivity contribution in [2.45, 2.75) is 19.3 Å². The summed E-state index contributed by atoms with van der Waals surface area (Å²) < 4.78 is 18.6. The predicted octanol–water partition coefficient (Wildman–Crippen LogP) is 5.69. The molecule has 9 heteroatoms. The predicted molar refractivity (Wildman–Crippen MR) is 143 cm³/mol. The first kappa shape index (κ1) is 25.9.